The van der Waals surface area contributed by atoms with E-state index in [-0.39, 0.29) is 6.54 Å². The number of carbonyl (C=O) groups is 1. The van der Waals surface area contributed by atoms with Crippen molar-refractivity contribution in [2.45, 2.75) is 13.5 Å². The number of primary amides is 1. The first-order chi connectivity index (χ1) is 11.1. The lowest BCUT2D eigenvalue weighted by Gasteiger charge is -2.09. The maximum absolute atomic E-state index is 10.9. The lowest BCUT2D eigenvalue weighted by atomic mass is 10.2. The zero-order valence-corrected chi connectivity index (χ0v) is 13.0. The van der Waals surface area contributed by atoms with Crippen LogP contribution in [0.2, 0.25) is 0 Å². The van der Waals surface area contributed by atoms with Gasteiger partial charge in [-0.1, -0.05) is 30.3 Å². The Morgan fingerprint density at radius 3 is 2.74 bits per heavy atom. The average Bonchev–Trinajstić information content (AvgIpc) is 2.88. The molecule has 118 valence electrons. The first kappa shape index (κ1) is 15.0. The Morgan fingerprint density at radius 1 is 1.22 bits per heavy atom. The molecule has 0 radical (unpaired) electrons. The fourth-order valence-corrected chi connectivity index (χ4v) is 2.50. The number of ether oxygens (including phenoxy) is 1. The standard InChI is InChI=1S/C18H19N3O2/c1-13-11-21(20-10-18(19)22)17-8-7-15(9-16(13)17)23-12-14-5-3-2-4-6-14/h2-9,11,20H,10,12H2,1H3,(H2,19,22). The highest BCUT2D eigenvalue weighted by atomic mass is 16.5. The molecule has 5 heteroatoms. The number of hydrogen-bond acceptors (Lipinski definition) is 3. The maximum Gasteiger partial charge on any atom is 0.238 e. The van der Waals surface area contributed by atoms with Crippen LogP contribution in [0.25, 0.3) is 10.9 Å². The van der Waals surface area contributed by atoms with Gasteiger partial charge in [0.1, 0.15) is 18.9 Å². The molecule has 0 bridgehead atoms. The quantitative estimate of drug-likeness (QED) is 0.735. The topological polar surface area (TPSA) is 69.3 Å². The second-order valence-electron chi connectivity index (χ2n) is 5.44. The number of fused-ring (bicyclic) bond motifs is 1. The highest BCUT2D eigenvalue weighted by Crippen LogP contribution is 2.25. The number of carbonyl (C=O) groups excluding carboxylic acids is 1. The number of rotatable bonds is 6. The average molecular weight is 309 g/mol. The van der Waals surface area contributed by atoms with Crippen molar-refractivity contribution < 1.29 is 9.53 Å². The molecule has 5 nitrogen and oxygen atoms in total. The molecule has 3 N–H and O–H groups in total. The van der Waals surface area contributed by atoms with E-state index >= 15 is 0 Å². The number of benzene rings is 2. The van der Waals surface area contributed by atoms with E-state index in [0.717, 1.165) is 27.8 Å². The Hall–Kier alpha value is -2.95. The molecule has 0 unspecified atom stereocenters. The van der Waals surface area contributed by atoms with Gasteiger partial charge < -0.3 is 15.9 Å². The zero-order chi connectivity index (χ0) is 16.2. The Kier molecular flexibility index (Phi) is 4.19. The molecule has 23 heavy (non-hydrogen) atoms. The molecule has 3 aromatic rings. The summed E-state index contributed by atoms with van der Waals surface area (Å²) >= 11 is 0. The molecule has 0 aliphatic heterocycles. The van der Waals surface area contributed by atoms with Crippen LogP contribution in [0, 0.1) is 6.92 Å². The molecular formula is C18H19N3O2. The molecule has 1 aromatic heterocycles. The van der Waals surface area contributed by atoms with E-state index < -0.39 is 5.91 Å². The molecule has 0 saturated heterocycles. The van der Waals surface area contributed by atoms with Gasteiger partial charge in [0.2, 0.25) is 5.91 Å². The summed E-state index contributed by atoms with van der Waals surface area (Å²) in [6, 6.07) is 16.0. The van der Waals surface area contributed by atoms with Crippen molar-refractivity contribution in [2.24, 2.45) is 5.73 Å². The lowest BCUT2D eigenvalue weighted by Crippen LogP contribution is -2.27. The van der Waals surface area contributed by atoms with Gasteiger partial charge in [0.05, 0.1) is 5.52 Å². The van der Waals surface area contributed by atoms with Crippen molar-refractivity contribution in [2.75, 3.05) is 12.0 Å². The van der Waals surface area contributed by atoms with Gasteiger partial charge in [-0.25, -0.2) is 0 Å². The molecule has 0 aliphatic rings. The van der Waals surface area contributed by atoms with Crippen LogP contribution in [0.5, 0.6) is 5.75 Å². The number of nitrogens with one attached hydrogen (secondary N) is 1. The summed E-state index contributed by atoms with van der Waals surface area (Å²) in [4.78, 5) is 10.9. The largest absolute Gasteiger partial charge is 0.489 e. The minimum Gasteiger partial charge on any atom is -0.489 e. The summed E-state index contributed by atoms with van der Waals surface area (Å²) in [6.45, 7) is 2.65. The van der Waals surface area contributed by atoms with E-state index in [1.54, 1.807) is 0 Å². The minimum absolute atomic E-state index is 0.0927. The van der Waals surface area contributed by atoms with Gasteiger partial charge >= 0.3 is 0 Å². The molecule has 0 aliphatic carbocycles. The van der Waals surface area contributed by atoms with Crippen LogP contribution in [0.4, 0.5) is 0 Å². The van der Waals surface area contributed by atoms with Crippen molar-refractivity contribution in [3.63, 3.8) is 0 Å². The number of nitrogens with zero attached hydrogens (tertiary/aromatic N) is 1. The van der Waals surface area contributed by atoms with Crippen molar-refractivity contribution in [1.29, 1.82) is 0 Å². The van der Waals surface area contributed by atoms with Gasteiger partial charge in [0, 0.05) is 11.6 Å². The van der Waals surface area contributed by atoms with E-state index in [1.165, 1.54) is 0 Å². The van der Waals surface area contributed by atoms with E-state index in [0.29, 0.717) is 6.61 Å². The predicted octanol–water partition coefficient (Wildman–Crippen LogP) is 2.56. The Bertz CT molecular complexity index is 825. The molecule has 2 aromatic carbocycles. The summed E-state index contributed by atoms with van der Waals surface area (Å²) < 4.78 is 7.67. The summed E-state index contributed by atoms with van der Waals surface area (Å²) in [5.41, 5.74) is 11.4. The number of amides is 1. The van der Waals surface area contributed by atoms with Crippen LogP contribution in [-0.4, -0.2) is 17.1 Å². The van der Waals surface area contributed by atoms with Crippen LogP contribution in [-0.2, 0) is 11.4 Å². The van der Waals surface area contributed by atoms with E-state index in [1.807, 2.05) is 66.3 Å². The third kappa shape index (κ3) is 3.45. The third-order valence-electron chi connectivity index (χ3n) is 3.65. The summed E-state index contributed by atoms with van der Waals surface area (Å²) in [7, 11) is 0. The number of aromatic nitrogens is 1. The second-order valence-corrected chi connectivity index (χ2v) is 5.44. The van der Waals surface area contributed by atoms with Crippen molar-refractivity contribution in [1.82, 2.24) is 4.68 Å². The van der Waals surface area contributed by atoms with Gasteiger partial charge in [-0.15, -0.1) is 0 Å². The first-order valence-corrected chi connectivity index (χ1v) is 7.44. The molecule has 0 fully saturated rings. The highest BCUT2D eigenvalue weighted by molar-refractivity contribution is 5.86. The van der Waals surface area contributed by atoms with Crippen LogP contribution in [0.15, 0.2) is 54.7 Å². The monoisotopic (exact) mass is 309 g/mol. The molecule has 1 amide bonds. The lowest BCUT2D eigenvalue weighted by molar-refractivity contribution is -0.116. The Morgan fingerprint density at radius 2 is 2.00 bits per heavy atom. The first-order valence-electron chi connectivity index (χ1n) is 7.44. The molecular weight excluding hydrogens is 290 g/mol. The number of aryl methyl sites for hydroxylation is 1. The smallest absolute Gasteiger partial charge is 0.238 e. The SMILES string of the molecule is Cc1cn(NCC(N)=O)c2ccc(OCc3ccccc3)cc12. The molecule has 0 atom stereocenters. The van der Waals surface area contributed by atoms with Crippen LogP contribution < -0.4 is 15.9 Å². The highest BCUT2D eigenvalue weighted by Gasteiger charge is 2.07. The van der Waals surface area contributed by atoms with E-state index in [2.05, 4.69) is 5.43 Å². The van der Waals surface area contributed by atoms with Crippen LogP contribution in [0.3, 0.4) is 0 Å². The van der Waals surface area contributed by atoms with Crippen molar-refractivity contribution in [3.8, 4) is 5.75 Å². The van der Waals surface area contributed by atoms with Crippen LogP contribution in [0.1, 0.15) is 11.1 Å². The zero-order valence-electron chi connectivity index (χ0n) is 13.0. The molecule has 0 saturated carbocycles. The molecule has 1 heterocycles. The fourth-order valence-electron chi connectivity index (χ4n) is 2.50. The Labute approximate surface area is 134 Å². The third-order valence-corrected chi connectivity index (χ3v) is 3.65. The van der Waals surface area contributed by atoms with Crippen molar-refractivity contribution >= 4 is 16.8 Å². The van der Waals surface area contributed by atoms with Gasteiger partial charge in [0.25, 0.3) is 0 Å². The van der Waals surface area contributed by atoms with Gasteiger partial charge in [-0.3, -0.25) is 9.47 Å². The Balaban J connectivity index is 1.79. The van der Waals surface area contributed by atoms with E-state index in [4.69, 9.17) is 10.5 Å². The van der Waals surface area contributed by atoms with Gasteiger partial charge in [0.15, 0.2) is 0 Å². The normalized spacial score (nSPS) is 10.7. The van der Waals surface area contributed by atoms with Crippen LogP contribution >= 0.6 is 0 Å². The summed E-state index contributed by atoms with van der Waals surface area (Å²) in [5.74, 6) is 0.421. The van der Waals surface area contributed by atoms with Gasteiger partial charge in [-0.2, -0.15) is 0 Å². The maximum atomic E-state index is 10.9. The predicted molar refractivity (Wildman–Crippen MR) is 90.9 cm³/mol. The summed E-state index contributed by atoms with van der Waals surface area (Å²) in [5, 5.41) is 1.08. The molecule has 0 spiro atoms. The minimum atomic E-state index is -0.396. The number of nitrogens with two attached hydrogens (primary N) is 1. The van der Waals surface area contributed by atoms with Crippen molar-refractivity contribution in [3.05, 3.63) is 65.9 Å². The fraction of sp³-hybridized carbons (Fsp3) is 0.167. The number of hydrogen-bond donors (Lipinski definition) is 2. The van der Waals surface area contributed by atoms with Gasteiger partial charge in [-0.05, 0) is 36.2 Å². The van der Waals surface area contributed by atoms with E-state index in [9.17, 15) is 4.79 Å². The molecule has 3 rings (SSSR count). The second kappa shape index (κ2) is 6.44. The summed E-state index contributed by atoms with van der Waals surface area (Å²) in [6.07, 6.45) is 1.94.